The molecule has 0 unspecified atom stereocenters. The van der Waals surface area contributed by atoms with Gasteiger partial charge in [-0.25, -0.2) is 0 Å². The molecule has 4 nitrogen and oxygen atoms in total. The third-order valence-corrected chi connectivity index (χ3v) is 3.81. The number of piperidine rings is 1. The molecular weight excluding hydrogens is 252 g/mol. The molecule has 1 fully saturated rings. The topological polar surface area (TPSA) is 55.6 Å². The molecule has 1 amide bonds. The summed E-state index contributed by atoms with van der Waals surface area (Å²) in [6.45, 7) is 4.94. The van der Waals surface area contributed by atoms with Gasteiger partial charge in [0.25, 0.3) is 5.91 Å². The van der Waals surface area contributed by atoms with Crippen LogP contribution in [0.25, 0.3) is 0 Å². The molecule has 4 heteroatoms. The van der Waals surface area contributed by atoms with Gasteiger partial charge in [0.15, 0.2) is 0 Å². The number of hydrogen-bond donors (Lipinski definition) is 1. The molecule has 0 atom stereocenters. The Balaban J connectivity index is 1.85. The van der Waals surface area contributed by atoms with Gasteiger partial charge in [-0.05, 0) is 44.4 Å². The predicted molar refractivity (Wildman–Crippen MR) is 79.7 cm³/mol. The molecule has 1 aliphatic heterocycles. The normalized spacial score (nSPS) is 16.4. The quantitative estimate of drug-likeness (QED) is 0.836. The van der Waals surface area contributed by atoms with Crippen LogP contribution in [0.3, 0.4) is 0 Å². The van der Waals surface area contributed by atoms with Crippen LogP contribution in [0.2, 0.25) is 0 Å². The zero-order valence-corrected chi connectivity index (χ0v) is 12.2. The van der Waals surface area contributed by atoms with Gasteiger partial charge in [0, 0.05) is 25.3 Å². The Bertz CT molecular complexity index is 440. The fourth-order valence-electron chi connectivity index (χ4n) is 2.54. The SMILES string of the molecule is Cc1ccccc1C(=O)N1CCC(OCCCN)CC1. The molecule has 0 bridgehead atoms. The fraction of sp³-hybridized carbons (Fsp3) is 0.562. The third kappa shape index (κ3) is 3.81. The van der Waals surface area contributed by atoms with E-state index in [0.29, 0.717) is 6.54 Å². The summed E-state index contributed by atoms with van der Waals surface area (Å²) in [6, 6.07) is 7.77. The Hall–Kier alpha value is -1.39. The van der Waals surface area contributed by atoms with Crippen molar-refractivity contribution in [3.05, 3.63) is 35.4 Å². The van der Waals surface area contributed by atoms with E-state index in [1.807, 2.05) is 36.1 Å². The lowest BCUT2D eigenvalue weighted by Crippen LogP contribution is -2.41. The zero-order valence-electron chi connectivity index (χ0n) is 12.2. The van der Waals surface area contributed by atoms with Crippen LogP contribution in [0.4, 0.5) is 0 Å². The van der Waals surface area contributed by atoms with Gasteiger partial charge in [0.1, 0.15) is 0 Å². The van der Waals surface area contributed by atoms with E-state index in [2.05, 4.69) is 0 Å². The van der Waals surface area contributed by atoms with Crippen LogP contribution < -0.4 is 5.73 Å². The lowest BCUT2D eigenvalue weighted by atomic mass is 10.0. The van der Waals surface area contributed by atoms with Crippen LogP contribution >= 0.6 is 0 Å². The van der Waals surface area contributed by atoms with E-state index in [9.17, 15) is 4.79 Å². The van der Waals surface area contributed by atoms with Gasteiger partial charge in [-0.2, -0.15) is 0 Å². The van der Waals surface area contributed by atoms with Crippen molar-refractivity contribution in [2.24, 2.45) is 5.73 Å². The first-order chi connectivity index (χ1) is 9.72. The molecule has 0 aliphatic carbocycles. The van der Waals surface area contributed by atoms with E-state index in [-0.39, 0.29) is 12.0 Å². The summed E-state index contributed by atoms with van der Waals surface area (Å²) < 4.78 is 5.76. The van der Waals surface area contributed by atoms with Crippen molar-refractivity contribution in [1.29, 1.82) is 0 Å². The van der Waals surface area contributed by atoms with Gasteiger partial charge >= 0.3 is 0 Å². The maximum absolute atomic E-state index is 12.5. The maximum Gasteiger partial charge on any atom is 0.254 e. The van der Waals surface area contributed by atoms with Crippen molar-refractivity contribution in [3.63, 3.8) is 0 Å². The minimum absolute atomic E-state index is 0.142. The highest BCUT2D eigenvalue weighted by Crippen LogP contribution is 2.18. The molecule has 2 N–H and O–H groups in total. The number of hydrogen-bond acceptors (Lipinski definition) is 3. The van der Waals surface area contributed by atoms with Crippen LogP contribution in [-0.2, 0) is 4.74 Å². The highest BCUT2D eigenvalue weighted by atomic mass is 16.5. The molecule has 1 aliphatic rings. The zero-order chi connectivity index (χ0) is 14.4. The van der Waals surface area contributed by atoms with Crippen molar-refractivity contribution in [1.82, 2.24) is 4.90 Å². The lowest BCUT2D eigenvalue weighted by molar-refractivity contribution is 0.00843. The number of likely N-dealkylation sites (tertiary alicyclic amines) is 1. The van der Waals surface area contributed by atoms with Gasteiger partial charge < -0.3 is 15.4 Å². The summed E-state index contributed by atoms with van der Waals surface area (Å²) in [6.07, 6.45) is 3.02. The molecule has 2 rings (SSSR count). The number of nitrogens with zero attached hydrogens (tertiary/aromatic N) is 1. The third-order valence-electron chi connectivity index (χ3n) is 3.81. The number of carbonyl (C=O) groups is 1. The second-order valence-electron chi connectivity index (χ2n) is 5.32. The average Bonchev–Trinajstić information content (AvgIpc) is 2.48. The molecule has 1 heterocycles. The van der Waals surface area contributed by atoms with Crippen LogP contribution in [0.15, 0.2) is 24.3 Å². The number of benzene rings is 1. The number of amides is 1. The van der Waals surface area contributed by atoms with Crippen LogP contribution in [0.5, 0.6) is 0 Å². The van der Waals surface area contributed by atoms with E-state index in [4.69, 9.17) is 10.5 Å². The first-order valence-corrected chi connectivity index (χ1v) is 7.39. The maximum atomic E-state index is 12.5. The van der Waals surface area contributed by atoms with Gasteiger partial charge in [0.2, 0.25) is 0 Å². The summed E-state index contributed by atoms with van der Waals surface area (Å²) in [4.78, 5) is 14.4. The molecule has 0 radical (unpaired) electrons. The molecule has 0 aromatic heterocycles. The molecule has 0 saturated carbocycles. The number of carbonyl (C=O) groups excluding carboxylic acids is 1. The average molecular weight is 276 g/mol. The minimum Gasteiger partial charge on any atom is -0.378 e. The fourth-order valence-corrected chi connectivity index (χ4v) is 2.54. The smallest absolute Gasteiger partial charge is 0.254 e. The monoisotopic (exact) mass is 276 g/mol. The second-order valence-corrected chi connectivity index (χ2v) is 5.32. The van der Waals surface area contributed by atoms with E-state index in [0.717, 1.165) is 50.1 Å². The predicted octanol–water partition coefficient (Wildman–Crippen LogP) is 1.97. The van der Waals surface area contributed by atoms with E-state index >= 15 is 0 Å². The standard InChI is InChI=1S/C16H24N2O2/c1-13-5-2-3-6-15(13)16(19)18-10-7-14(8-11-18)20-12-4-9-17/h2-3,5-6,14H,4,7-12,17H2,1H3. The van der Waals surface area contributed by atoms with Crippen molar-refractivity contribution in [2.75, 3.05) is 26.2 Å². The van der Waals surface area contributed by atoms with Crippen molar-refractivity contribution in [2.45, 2.75) is 32.3 Å². The second kappa shape index (κ2) is 7.41. The van der Waals surface area contributed by atoms with E-state index in [1.165, 1.54) is 0 Å². The minimum atomic E-state index is 0.142. The molecular formula is C16H24N2O2. The largest absolute Gasteiger partial charge is 0.378 e. The molecule has 1 aromatic rings. The number of aryl methyl sites for hydroxylation is 1. The Kier molecular flexibility index (Phi) is 5.56. The molecule has 1 aromatic carbocycles. The Morgan fingerprint density at radius 2 is 2.05 bits per heavy atom. The molecule has 110 valence electrons. The van der Waals surface area contributed by atoms with Crippen LogP contribution in [-0.4, -0.2) is 43.2 Å². The summed E-state index contributed by atoms with van der Waals surface area (Å²) in [5, 5.41) is 0. The number of rotatable bonds is 5. The first kappa shape index (κ1) is 15.0. The van der Waals surface area contributed by atoms with E-state index in [1.54, 1.807) is 0 Å². The highest BCUT2D eigenvalue weighted by Gasteiger charge is 2.24. The van der Waals surface area contributed by atoms with Crippen LogP contribution in [0.1, 0.15) is 35.2 Å². The van der Waals surface area contributed by atoms with Gasteiger partial charge in [-0.1, -0.05) is 18.2 Å². The number of nitrogens with two attached hydrogens (primary N) is 1. The van der Waals surface area contributed by atoms with Crippen molar-refractivity contribution < 1.29 is 9.53 Å². The first-order valence-electron chi connectivity index (χ1n) is 7.39. The van der Waals surface area contributed by atoms with Gasteiger partial charge in [-0.15, -0.1) is 0 Å². The summed E-state index contributed by atoms with van der Waals surface area (Å²) in [5.41, 5.74) is 7.31. The summed E-state index contributed by atoms with van der Waals surface area (Å²) in [7, 11) is 0. The van der Waals surface area contributed by atoms with Crippen LogP contribution in [0, 0.1) is 6.92 Å². The molecule has 1 saturated heterocycles. The molecule has 0 spiro atoms. The Morgan fingerprint density at radius 1 is 1.35 bits per heavy atom. The van der Waals surface area contributed by atoms with E-state index < -0.39 is 0 Å². The van der Waals surface area contributed by atoms with Gasteiger partial charge in [-0.3, -0.25) is 4.79 Å². The Labute approximate surface area is 120 Å². The van der Waals surface area contributed by atoms with Crippen molar-refractivity contribution >= 4 is 5.91 Å². The molecule has 20 heavy (non-hydrogen) atoms. The lowest BCUT2D eigenvalue weighted by Gasteiger charge is -2.32. The highest BCUT2D eigenvalue weighted by molar-refractivity contribution is 5.95. The number of ether oxygens (including phenoxy) is 1. The Morgan fingerprint density at radius 3 is 2.70 bits per heavy atom. The summed E-state index contributed by atoms with van der Waals surface area (Å²) >= 11 is 0. The van der Waals surface area contributed by atoms with Crippen molar-refractivity contribution in [3.8, 4) is 0 Å². The van der Waals surface area contributed by atoms with Gasteiger partial charge in [0.05, 0.1) is 6.10 Å². The summed E-state index contributed by atoms with van der Waals surface area (Å²) in [5.74, 6) is 0.142.